The van der Waals surface area contributed by atoms with Gasteiger partial charge in [-0.25, -0.2) is 0 Å². The summed E-state index contributed by atoms with van der Waals surface area (Å²) in [5, 5.41) is 4.18. The molecule has 21 heavy (non-hydrogen) atoms. The lowest BCUT2D eigenvalue weighted by Crippen LogP contribution is -1.96. The van der Waals surface area contributed by atoms with Crippen molar-refractivity contribution in [2.24, 2.45) is 0 Å². The number of aromatic nitrogens is 2. The predicted molar refractivity (Wildman–Crippen MR) is 84.1 cm³/mol. The van der Waals surface area contributed by atoms with Crippen molar-refractivity contribution in [1.29, 1.82) is 0 Å². The van der Waals surface area contributed by atoms with Crippen LogP contribution >= 0.6 is 11.3 Å². The fourth-order valence-corrected chi connectivity index (χ4v) is 4.08. The number of nitrogens with two attached hydrogens (primary N) is 1. The zero-order chi connectivity index (χ0) is 14.2. The zero-order valence-corrected chi connectivity index (χ0v) is 12.3. The van der Waals surface area contributed by atoms with Crippen LogP contribution in [0.5, 0.6) is 0 Å². The van der Waals surface area contributed by atoms with Gasteiger partial charge in [-0.2, -0.15) is 0 Å². The second-order valence-corrected chi connectivity index (χ2v) is 6.39. The molecule has 0 bridgehead atoms. The molecule has 2 N–H and O–H groups in total. The first kappa shape index (κ1) is 12.6. The zero-order valence-electron chi connectivity index (χ0n) is 11.5. The van der Waals surface area contributed by atoms with Crippen LogP contribution in [-0.4, -0.2) is 10.1 Å². The molecule has 4 nitrogen and oxygen atoms in total. The predicted octanol–water partition coefficient (Wildman–Crippen LogP) is 3.93. The molecule has 0 aliphatic heterocycles. The van der Waals surface area contributed by atoms with Crippen LogP contribution in [0.25, 0.3) is 21.8 Å². The van der Waals surface area contributed by atoms with Crippen LogP contribution in [0.1, 0.15) is 23.3 Å². The van der Waals surface area contributed by atoms with Crippen LogP contribution in [0.3, 0.4) is 0 Å². The molecular weight excluding hydrogens is 282 g/mol. The Kier molecular flexibility index (Phi) is 3.00. The average molecular weight is 297 g/mol. The highest BCUT2D eigenvalue weighted by Crippen LogP contribution is 2.41. The van der Waals surface area contributed by atoms with Gasteiger partial charge >= 0.3 is 0 Å². The first-order valence-corrected chi connectivity index (χ1v) is 7.93. The number of fused-ring (bicyclic) bond motifs is 1. The number of thiophene rings is 1. The smallest absolute Gasteiger partial charge is 0.232 e. The maximum Gasteiger partial charge on any atom is 0.232 e. The molecule has 0 atom stereocenters. The average Bonchev–Trinajstić information content (AvgIpc) is 3.11. The summed E-state index contributed by atoms with van der Waals surface area (Å²) < 4.78 is 5.23. The molecule has 0 saturated heterocycles. The van der Waals surface area contributed by atoms with Crippen LogP contribution in [0, 0.1) is 0 Å². The van der Waals surface area contributed by atoms with E-state index >= 15 is 0 Å². The van der Waals surface area contributed by atoms with Crippen LogP contribution in [-0.2, 0) is 12.8 Å². The minimum Gasteiger partial charge on any atom is -0.367 e. The Bertz CT molecular complexity index is 753. The van der Waals surface area contributed by atoms with Crippen LogP contribution in [0.15, 0.2) is 35.0 Å². The number of hydrogen-bond donors (Lipinski definition) is 1. The summed E-state index contributed by atoms with van der Waals surface area (Å²) in [7, 11) is 0. The minimum atomic E-state index is 0.329. The third-order valence-corrected chi connectivity index (χ3v) is 5.11. The van der Waals surface area contributed by atoms with Crippen molar-refractivity contribution >= 4 is 17.2 Å². The third-order valence-electron chi connectivity index (χ3n) is 3.87. The van der Waals surface area contributed by atoms with Gasteiger partial charge in [0.2, 0.25) is 5.88 Å². The maximum atomic E-state index is 5.97. The molecule has 0 radical (unpaired) electrons. The Balaban J connectivity index is 1.85. The number of pyridine rings is 1. The molecule has 0 saturated carbocycles. The summed E-state index contributed by atoms with van der Waals surface area (Å²) in [5.41, 5.74) is 9.84. The van der Waals surface area contributed by atoms with Gasteiger partial charge in [0.15, 0.2) is 0 Å². The summed E-state index contributed by atoms with van der Waals surface area (Å²) in [6.45, 7) is 0. The quantitative estimate of drug-likeness (QED) is 0.778. The number of hydrogen-bond acceptors (Lipinski definition) is 5. The molecule has 0 aromatic carbocycles. The minimum absolute atomic E-state index is 0.329. The molecule has 3 heterocycles. The van der Waals surface area contributed by atoms with Crippen molar-refractivity contribution in [3.8, 4) is 21.8 Å². The van der Waals surface area contributed by atoms with Crippen molar-refractivity contribution < 1.29 is 4.52 Å². The maximum absolute atomic E-state index is 5.97. The molecular formula is C16H15N3OS. The van der Waals surface area contributed by atoms with E-state index in [-0.39, 0.29) is 0 Å². The van der Waals surface area contributed by atoms with Gasteiger partial charge in [-0.15, -0.1) is 11.3 Å². The van der Waals surface area contributed by atoms with E-state index in [9.17, 15) is 0 Å². The van der Waals surface area contributed by atoms with Gasteiger partial charge in [0, 0.05) is 11.1 Å². The van der Waals surface area contributed by atoms with E-state index in [1.807, 2.05) is 18.2 Å². The second kappa shape index (κ2) is 5.00. The molecule has 0 unspecified atom stereocenters. The van der Waals surface area contributed by atoms with Gasteiger partial charge in [0.1, 0.15) is 5.69 Å². The SMILES string of the molecule is Nc1onc(-c2cc3c(s2)CCCC3)c1-c1ccccn1. The summed E-state index contributed by atoms with van der Waals surface area (Å²) >= 11 is 1.80. The fraction of sp³-hybridized carbons (Fsp3) is 0.250. The van der Waals surface area contributed by atoms with E-state index in [2.05, 4.69) is 16.2 Å². The number of nitrogens with zero attached hydrogens (tertiary/aromatic N) is 2. The van der Waals surface area contributed by atoms with Crippen molar-refractivity contribution in [3.63, 3.8) is 0 Å². The van der Waals surface area contributed by atoms with E-state index in [0.29, 0.717) is 5.88 Å². The summed E-state index contributed by atoms with van der Waals surface area (Å²) in [6, 6.07) is 8.00. The lowest BCUT2D eigenvalue weighted by molar-refractivity contribution is 0.439. The van der Waals surface area contributed by atoms with E-state index in [4.69, 9.17) is 10.3 Å². The Labute approximate surface area is 126 Å². The Morgan fingerprint density at radius 2 is 2.10 bits per heavy atom. The summed E-state index contributed by atoms with van der Waals surface area (Å²) in [6.07, 6.45) is 6.65. The van der Waals surface area contributed by atoms with Crippen molar-refractivity contribution in [3.05, 3.63) is 40.9 Å². The highest BCUT2D eigenvalue weighted by Gasteiger charge is 2.22. The largest absolute Gasteiger partial charge is 0.367 e. The van der Waals surface area contributed by atoms with Gasteiger partial charge in [0.25, 0.3) is 0 Å². The van der Waals surface area contributed by atoms with E-state index in [1.165, 1.54) is 29.7 Å². The molecule has 1 aliphatic carbocycles. The van der Waals surface area contributed by atoms with Gasteiger partial charge < -0.3 is 10.3 Å². The fourth-order valence-electron chi connectivity index (χ4n) is 2.84. The van der Waals surface area contributed by atoms with Crippen molar-refractivity contribution in [2.45, 2.75) is 25.7 Å². The van der Waals surface area contributed by atoms with Gasteiger partial charge in [-0.1, -0.05) is 11.2 Å². The molecule has 106 valence electrons. The summed E-state index contributed by atoms with van der Waals surface area (Å²) in [4.78, 5) is 6.98. The first-order valence-electron chi connectivity index (χ1n) is 7.11. The molecule has 1 aliphatic rings. The first-order chi connectivity index (χ1) is 10.3. The van der Waals surface area contributed by atoms with Gasteiger partial charge in [0.05, 0.1) is 16.1 Å². The Hall–Kier alpha value is -2.14. The molecule has 0 fully saturated rings. The van der Waals surface area contributed by atoms with Crippen molar-refractivity contribution in [1.82, 2.24) is 10.1 Å². The lowest BCUT2D eigenvalue weighted by atomic mass is 9.99. The number of anilines is 1. The molecule has 5 heteroatoms. The molecule has 0 amide bonds. The highest BCUT2D eigenvalue weighted by atomic mass is 32.1. The topological polar surface area (TPSA) is 64.9 Å². The van der Waals surface area contributed by atoms with E-state index in [1.54, 1.807) is 17.5 Å². The van der Waals surface area contributed by atoms with E-state index in [0.717, 1.165) is 28.2 Å². The van der Waals surface area contributed by atoms with E-state index < -0.39 is 0 Å². The molecule has 3 aromatic rings. The van der Waals surface area contributed by atoms with Crippen LogP contribution in [0.4, 0.5) is 5.88 Å². The van der Waals surface area contributed by atoms with Gasteiger partial charge in [-0.3, -0.25) is 4.98 Å². The third kappa shape index (κ3) is 2.14. The monoisotopic (exact) mass is 297 g/mol. The highest BCUT2D eigenvalue weighted by molar-refractivity contribution is 7.15. The molecule has 4 rings (SSSR count). The number of nitrogen functional groups attached to an aromatic ring is 1. The molecule has 3 aromatic heterocycles. The Morgan fingerprint density at radius 1 is 1.19 bits per heavy atom. The Morgan fingerprint density at radius 3 is 2.90 bits per heavy atom. The number of rotatable bonds is 2. The lowest BCUT2D eigenvalue weighted by Gasteiger charge is -2.08. The molecule has 0 spiro atoms. The standard InChI is InChI=1S/C16H15N3OS/c17-16-14(11-6-3-4-8-18-11)15(19-20-16)13-9-10-5-1-2-7-12(10)21-13/h3-4,6,8-9H,1-2,5,7,17H2. The van der Waals surface area contributed by atoms with Crippen molar-refractivity contribution in [2.75, 3.05) is 5.73 Å². The number of aryl methyl sites for hydroxylation is 2. The normalized spacial score (nSPS) is 14.1. The van der Waals surface area contributed by atoms with Crippen LogP contribution in [0.2, 0.25) is 0 Å². The van der Waals surface area contributed by atoms with Crippen LogP contribution < -0.4 is 5.73 Å². The second-order valence-electron chi connectivity index (χ2n) is 5.25. The summed E-state index contributed by atoms with van der Waals surface area (Å²) in [5.74, 6) is 0.329. The van der Waals surface area contributed by atoms with Gasteiger partial charge in [-0.05, 0) is 49.4 Å².